The summed E-state index contributed by atoms with van der Waals surface area (Å²) in [4.78, 5) is 2.38. The lowest BCUT2D eigenvalue weighted by Gasteiger charge is -2.42. The molecule has 0 spiro atoms. The van der Waals surface area contributed by atoms with Gasteiger partial charge in [-0.3, -0.25) is 4.90 Å². The van der Waals surface area contributed by atoms with Crippen LogP contribution in [0.2, 0.25) is 0 Å². The maximum atomic E-state index is 9.04. The third kappa shape index (κ3) is 4.01. The molecule has 0 radical (unpaired) electrons. The number of morpholine rings is 1. The zero-order valence-corrected chi connectivity index (χ0v) is 11.8. The van der Waals surface area contributed by atoms with Crippen LogP contribution >= 0.6 is 0 Å². The van der Waals surface area contributed by atoms with E-state index in [0.717, 1.165) is 25.2 Å². The molecule has 0 bridgehead atoms. The maximum absolute atomic E-state index is 9.04. The topological polar surface area (TPSA) is 58.7 Å². The van der Waals surface area contributed by atoms with Gasteiger partial charge in [0.1, 0.15) is 0 Å². The lowest BCUT2D eigenvalue weighted by atomic mass is 10.0. The second-order valence-electron chi connectivity index (χ2n) is 5.88. The van der Waals surface area contributed by atoms with Gasteiger partial charge in [0.25, 0.3) is 0 Å². The van der Waals surface area contributed by atoms with E-state index < -0.39 is 0 Å². The van der Waals surface area contributed by atoms with Crippen molar-refractivity contribution in [1.29, 1.82) is 0 Å². The maximum Gasteiger partial charge on any atom is 0.0831 e. The van der Waals surface area contributed by atoms with Gasteiger partial charge in [0.2, 0.25) is 0 Å². The molecule has 1 aliphatic rings. The molecule has 0 saturated carbocycles. The number of aliphatic hydroxyl groups excluding tert-OH is 1. The van der Waals surface area contributed by atoms with Crippen molar-refractivity contribution in [1.82, 2.24) is 4.90 Å². The normalized spacial score (nSPS) is 23.5. The molecule has 1 aromatic rings. The first-order chi connectivity index (χ1) is 9.02. The summed E-state index contributed by atoms with van der Waals surface area (Å²) in [5, 5.41) is 9.04. The van der Waals surface area contributed by atoms with Crippen molar-refractivity contribution >= 4 is 0 Å². The van der Waals surface area contributed by atoms with Crippen molar-refractivity contribution in [2.24, 2.45) is 5.73 Å². The Morgan fingerprint density at radius 2 is 1.95 bits per heavy atom. The molecule has 1 aromatic carbocycles. The van der Waals surface area contributed by atoms with E-state index in [-0.39, 0.29) is 18.3 Å². The largest absolute Gasteiger partial charge is 0.392 e. The predicted molar refractivity (Wildman–Crippen MR) is 75.6 cm³/mol. The smallest absolute Gasteiger partial charge is 0.0831 e. The summed E-state index contributed by atoms with van der Waals surface area (Å²) in [5.41, 5.74) is 7.80. The molecule has 1 atom stereocenters. The molecular formula is C15H24N2O2. The highest BCUT2D eigenvalue weighted by Gasteiger charge is 2.32. The van der Waals surface area contributed by atoms with Crippen LogP contribution in [0.5, 0.6) is 0 Å². The van der Waals surface area contributed by atoms with E-state index in [4.69, 9.17) is 15.6 Å². The molecular weight excluding hydrogens is 240 g/mol. The van der Waals surface area contributed by atoms with Gasteiger partial charge in [-0.15, -0.1) is 0 Å². The first-order valence-corrected chi connectivity index (χ1v) is 6.81. The average molecular weight is 264 g/mol. The van der Waals surface area contributed by atoms with E-state index in [1.54, 1.807) is 0 Å². The molecule has 4 nitrogen and oxygen atoms in total. The molecule has 1 saturated heterocycles. The predicted octanol–water partition coefficient (Wildman–Crippen LogP) is 1.12. The van der Waals surface area contributed by atoms with Gasteiger partial charge in [-0.25, -0.2) is 0 Å². The highest BCUT2D eigenvalue weighted by Crippen LogP contribution is 2.22. The molecule has 1 fully saturated rings. The molecule has 0 amide bonds. The Balaban J connectivity index is 2.00. The number of nitrogens with two attached hydrogens (primary N) is 1. The number of ether oxygens (including phenoxy) is 1. The van der Waals surface area contributed by atoms with Gasteiger partial charge in [0, 0.05) is 26.2 Å². The fourth-order valence-corrected chi connectivity index (χ4v) is 2.67. The van der Waals surface area contributed by atoms with Gasteiger partial charge < -0.3 is 15.6 Å². The standard InChI is InChI=1S/C15H24N2O2/c1-15(2)11-17(9-14(7-16)19-15)8-12-3-5-13(10-18)6-4-12/h3-6,14,18H,7-11,16H2,1-2H3. The van der Waals surface area contributed by atoms with Gasteiger partial charge in [-0.05, 0) is 25.0 Å². The van der Waals surface area contributed by atoms with Crippen LogP contribution in [0.25, 0.3) is 0 Å². The quantitative estimate of drug-likeness (QED) is 0.855. The summed E-state index contributed by atoms with van der Waals surface area (Å²) in [6.07, 6.45) is 0.112. The van der Waals surface area contributed by atoms with Crippen molar-refractivity contribution in [2.45, 2.75) is 38.7 Å². The summed E-state index contributed by atoms with van der Waals surface area (Å²) in [5.74, 6) is 0. The van der Waals surface area contributed by atoms with Gasteiger partial charge in [0.05, 0.1) is 18.3 Å². The minimum Gasteiger partial charge on any atom is -0.392 e. The van der Waals surface area contributed by atoms with Crippen molar-refractivity contribution in [2.75, 3.05) is 19.6 Å². The molecule has 106 valence electrons. The number of rotatable bonds is 4. The zero-order chi connectivity index (χ0) is 13.9. The molecule has 2 rings (SSSR count). The summed E-state index contributed by atoms with van der Waals surface area (Å²) in [6, 6.07) is 8.10. The fraction of sp³-hybridized carbons (Fsp3) is 0.600. The molecule has 19 heavy (non-hydrogen) atoms. The van der Waals surface area contributed by atoms with E-state index in [2.05, 4.69) is 30.9 Å². The number of hydrogen-bond acceptors (Lipinski definition) is 4. The Hall–Kier alpha value is -0.940. The Labute approximate surface area is 115 Å². The first kappa shape index (κ1) is 14.5. The summed E-state index contributed by atoms with van der Waals surface area (Å²) in [6.45, 7) is 7.55. The second kappa shape index (κ2) is 6.01. The van der Waals surface area contributed by atoms with Gasteiger partial charge in [-0.2, -0.15) is 0 Å². The van der Waals surface area contributed by atoms with Crippen LogP contribution < -0.4 is 5.73 Å². The SMILES string of the molecule is CC1(C)CN(Cc2ccc(CO)cc2)CC(CN)O1. The summed E-state index contributed by atoms with van der Waals surface area (Å²) in [7, 11) is 0. The van der Waals surface area contributed by atoms with Crippen LogP contribution in [0.1, 0.15) is 25.0 Å². The van der Waals surface area contributed by atoms with Crippen LogP contribution in [0.3, 0.4) is 0 Å². The average Bonchev–Trinajstić information content (AvgIpc) is 2.37. The minimum absolute atomic E-state index is 0.0973. The van der Waals surface area contributed by atoms with Gasteiger partial charge in [0.15, 0.2) is 0 Å². The second-order valence-corrected chi connectivity index (χ2v) is 5.88. The number of nitrogens with zero attached hydrogens (tertiary/aromatic N) is 1. The molecule has 1 unspecified atom stereocenters. The zero-order valence-electron chi connectivity index (χ0n) is 11.8. The van der Waals surface area contributed by atoms with Crippen LogP contribution in [-0.2, 0) is 17.9 Å². The van der Waals surface area contributed by atoms with E-state index in [0.29, 0.717) is 6.54 Å². The Bertz CT molecular complexity index is 403. The monoisotopic (exact) mass is 264 g/mol. The summed E-state index contributed by atoms with van der Waals surface area (Å²) < 4.78 is 5.93. The number of benzene rings is 1. The third-order valence-corrected chi connectivity index (χ3v) is 3.43. The van der Waals surface area contributed by atoms with Crippen LogP contribution in [0.15, 0.2) is 24.3 Å². The minimum atomic E-state index is -0.146. The van der Waals surface area contributed by atoms with Crippen molar-refractivity contribution in [3.8, 4) is 0 Å². The van der Waals surface area contributed by atoms with Crippen molar-refractivity contribution in [3.63, 3.8) is 0 Å². The van der Waals surface area contributed by atoms with E-state index in [1.807, 2.05) is 12.1 Å². The molecule has 0 aromatic heterocycles. The van der Waals surface area contributed by atoms with Gasteiger partial charge >= 0.3 is 0 Å². The lowest BCUT2D eigenvalue weighted by molar-refractivity contribution is -0.133. The Morgan fingerprint density at radius 1 is 1.32 bits per heavy atom. The highest BCUT2D eigenvalue weighted by atomic mass is 16.5. The first-order valence-electron chi connectivity index (χ1n) is 6.81. The fourth-order valence-electron chi connectivity index (χ4n) is 2.67. The highest BCUT2D eigenvalue weighted by molar-refractivity contribution is 5.22. The molecule has 1 heterocycles. The third-order valence-electron chi connectivity index (χ3n) is 3.43. The Kier molecular flexibility index (Phi) is 4.58. The van der Waals surface area contributed by atoms with Crippen molar-refractivity contribution < 1.29 is 9.84 Å². The molecule has 3 N–H and O–H groups in total. The molecule has 1 aliphatic heterocycles. The number of aliphatic hydroxyl groups is 1. The van der Waals surface area contributed by atoms with Crippen LogP contribution in [0, 0.1) is 0 Å². The van der Waals surface area contributed by atoms with Crippen LogP contribution in [0.4, 0.5) is 0 Å². The van der Waals surface area contributed by atoms with E-state index >= 15 is 0 Å². The van der Waals surface area contributed by atoms with Crippen molar-refractivity contribution in [3.05, 3.63) is 35.4 Å². The van der Waals surface area contributed by atoms with Crippen LogP contribution in [-0.4, -0.2) is 41.3 Å². The molecule has 0 aliphatic carbocycles. The number of hydrogen-bond donors (Lipinski definition) is 2. The van der Waals surface area contributed by atoms with E-state index in [9.17, 15) is 0 Å². The molecule has 4 heteroatoms. The van der Waals surface area contributed by atoms with E-state index in [1.165, 1.54) is 5.56 Å². The summed E-state index contributed by atoms with van der Waals surface area (Å²) >= 11 is 0. The van der Waals surface area contributed by atoms with Gasteiger partial charge in [-0.1, -0.05) is 24.3 Å². The lowest BCUT2D eigenvalue weighted by Crippen LogP contribution is -2.54. The Morgan fingerprint density at radius 3 is 2.53 bits per heavy atom.